The Bertz CT molecular complexity index is 870. The molecular weight excluding hydrogens is 369 g/mol. The molecule has 3 N–H and O–H groups in total. The average molecular weight is 386 g/mol. The Kier molecular flexibility index (Phi) is 6.12. The van der Waals surface area contributed by atoms with Gasteiger partial charge in [0.05, 0.1) is 11.4 Å². The molecule has 1 amide bonds. The van der Waals surface area contributed by atoms with Gasteiger partial charge in [-0.25, -0.2) is 17.9 Å². The van der Waals surface area contributed by atoms with Crippen molar-refractivity contribution in [3.8, 4) is 0 Å². The SMILES string of the molecule is CN(CC(=O)Nc1cccc(S(N)(=O)=O)c1)Cc1c(F)cccc1Cl. The van der Waals surface area contributed by atoms with Crippen molar-refractivity contribution < 1.29 is 17.6 Å². The molecule has 0 bridgehead atoms. The summed E-state index contributed by atoms with van der Waals surface area (Å²) in [5.74, 6) is -0.831. The van der Waals surface area contributed by atoms with Crippen molar-refractivity contribution in [2.75, 3.05) is 18.9 Å². The highest BCUT2D eigenvalue weighted by atomic mass is 35.5. The predicted molar refractivity (Wildman–Crippen MR) is 94.2 cm³/mol. The molecule has 25 heavy (non-hydrogen) atoms. The number of hydrogen-bond acceptors (Lipinski definition) is 4. The first-order chi connectivity index (χ1) is 11.7. The topological polar surface area (TPSA) is 92.5 Å². The van der Waals surface area contributed by atoms with Gasteiger partial charge in [-0.3, -0.25) is 9.69 Å². The summed E-state index contributed by atoms with van der Waals surface area (Å²) in [5, 5.41) is 7.91. The monoisotopic (exact) mass is 385 g/mol. The van der Waals surface area contributed by atoms with E-state index in [2.05, 4.69) is 5.32 Å². The van der Waals surface area contributed by atoms with E-state index in [4.69, 9.17) is 16.7 Å². The van der Waals surface area contributed by atoms with Crippen LogP contribution in [0.4, 0.5) is 10.1 Å². The number of sulfonamides is 1. The molecule has 0 aliphatic carbocycles. The molecule has 0 aromatic heterocycles. The van der Waals surface area contributed by atoms with Crippen LogP contribution in [0.25, 0.3) is 0 Å². The zero-order valence-corrected chi connectivity index (χ0v) is 14.9. The second kappa shape index (κ2) is 7.92. The number of carbonyl (C=O) groups is 1. The number of likely N-dealkylation sites (N-methyl/N-ethyl adjacent to an activating group) is 1. The summed E-state index contributed by atoms with van der Waals surface area (Å²) in [6.45, 7) is 0.112. The summed E-state index contributed by atoms with van der Waals surface area (Å²) in [4.78, 5) is 13.6. The highest BCUT2D eigenvalue weighted by Gasteiger charge is 2.14. The first-order valence-corrected chi connectivity index (χ1v) is 9.13. The minimum absolute atomic E-state index is 0.0374. The minimum Gasteiger partial charge on any atom is -0.325 e. The maximum Gasteiger partial charge on any atom is 0.238 e. The van der Waals surface area contributed by atoms with Crippen LogP contribution >= 0.6 is 11.6 Å². The number of nitrogens with one attached hydrogen (secondary N) is 1. The highest BCUT2D eigenvalue weighted by Crippen LogP contribution is 2.20. The first kappa shape index (κ1) is 19.3. The van der Waals surface area contributed by atoms with Crippen LogP contribution in [0.15, 0.2) is 47.4 Å². The van der Waals surface area contributed by atoms with Gasteiger partial charge in [0, 0.05) is 22.8 Å². The van der Waals surface area contributed by atoms with Crippen LogP contribution in [0.1, 0.15) is 5.56 Å². The molecule has 2 aromatic rings. The molecule has 0 saturated heterocycles. The molecule has 0 atom stereocenters. The standard InChI is InChI=1S/C16H17ClFN3O3S/c1-21(9-13-14(17)6-3-7-15(13)18)10-16(22)20-11-4-2-5-12(8-11)25(19,23)24/h2-8H,9-10H2,1H3,(H,20,22)(H2,19,23,24). The van der Waals surface area contributed by atoms with Crippen molar-refractivity contribution in [1.29, 1.82) is 0 Å². The van der Waals surface area contributed by atoms with Crippen molar-refractivity contribution in [3.05, 3.63) is 58.9 Å². The van der Waals surface area contributed by atoms with Gasteiger partial charge in [-0.1, -0.05) is 23.7 Å². The normalized spacial score (nSPS) is 11.6. The van der Waals surface area contributed by atoms with Crippen molar-refractivity contribution in [1.82, 2.24) is 4.90 Å². The van der Waals surface area contributed by atoms with Gasteiger partial charge >= 0.3 is 0 Å². The van der Waals surface area contributed by atoms with E-state index >= 15 is 0 Å². The summed E-state index contributed by atoms with van der Waals surface area (Å²) < 4.78 is 36.4. The third-order valence-electron chi connectivity index (χ3n) is 3.35. The fourth-order valence-corrected chi connectivity index (χ4v) is 2.99. The van der Waals surface area contributed by atoms with E-state index in [1.165, 1.54) is 30.3 Å². The molecule has 0 heterocycles. The smallest absolute Gasteiger partial charge is 0.238 e. The lowest BCUT2D eigenvalue weighted by Gasteiger charge is -2.17. The number of rotatable bonds is 6. The quantitative estimate of drug-likeness (QED) is 0.797. The van der Waals surface area contributed by atoms with Crippen molar-refractivity contribution in [2.45, 2.75) is 11.4 Å². The van der Waals surface area contributed by atoms with Gasteiger partial charge in [0.25, 0.3) is 0 Å². The fourth-order valence-electron chi connectivity index (χ4n) is 2.21. The number of halogens is 2. The van der Waals surface area contributed by atoms with Crippen LogP contribution in [0.2, 0.25) is 5.02 Å². The molecule has 0 aliphatic heterocycles. The summed E-state index contributed by atoms with van der Waals surface area (Å²) >= 11 is 5.96. The summed E-state index contributed by atoms with van der Waals surface area (Å²) in [6.07, 6.45) is 0. The maximum atomic E-state index is 13.8. The predicted octanol–water partition coefficient (Wildman–Crippen LogP) is 2.20. The Hall–Kier alpha value is -2.00. The molecule has 0 spiro atoms. The van der Waals surface area contributed by atoms with E-state index in [1.54, 1.807) is 24.1 Å². The van der Waals surface area contributed by atoms with Gasteiger partial charge in [-0.2, -0.15) is 0 Å². The third-order valence-corrected chi connectivity index (χ3v) is 4.61. The van der Waals surface area contributed by atoms with Crippen LogP contribution in [0, 0.1) is 5.82 Å². The van der Waals surface area contributed by atoms with Crippen LogP contribution < -0.4 is 10.5 Å². The lowest BCUT2D eigenvalue weighted by molar-refractivity contribution is -0.117. The maximum absolute atomic E-state index is 13.8. The number of primary sulfonamides is 1. The van der Waals surface area contributed by atoms with Gasteiger partial charge in [-0.05, 0) is 37.4 Å². The second-order valence-corrected chi connectivity index (χ2v) is 7.46. The summed E-state index contributed by atoms with van der Waals surface area (Å²) in [5.41, 5.74) is 0.601. The zero-order chi connectivity index (χ0) is 18.6. The Balaban J connectivity index is 2.01. The van der Waals surface area contributed by atoms with Crippen molar-refractivity contribution >= 4 is 33.2 Å². The average Bonchev–Trinajstić information content (AvgIpc) is 2.50. The molecule has 0 unspecified atom stereocenters. The molecule has 0 radical (unpaired) electrons. The van der Waals surface area contributed by atoms with Gasteiger partial charge in [0.1, 0.15) is 5.82 Å². The molecule has 2 rings (SSSR count). The number of nitrogens with two attached hydrogens (primary N) is 1. The molecule has 9 heteroatoms. The van der Waals surface area contributed by atoms with Crippen LogP contribution in [-0.4, -0.2) is 32.8 Å². The number of amides is 1. The molecule has 0 aliphatic rings. The molecule has 134 valence electrons. The molecule has 0 saturated carbocycles. The molecule has 2 aromatic carbocycles. The van der Waals surface area contributed by atoms with Crippen LogP contribution in [0.5, 0.6) is 0 Å². The van der Waals surface area contributed by atoms with Gasteiger partial charge < -0.3 is 5.32 Å². The van der Waals surface area contributed by atoms with E-state index in [0.29, 0.717) is 11.3 Å². The third kappa shape index (κ3) is 5.50. The number of anilines is 1. The Morgan fingerprint density at radius 2 is 1.96 bits per heavy atom. The number of hydrogen-bond donors (Lipinski definition) is 2. The van der Waals surface area contributed by atoms with Gasteiger partial charge in [0.2, 0.25) is 15.9 Å². The zero-order valence-electron chi connectivity index (χ0n) is 13.4. The Morgan fingerprint density at radius 3 is 2.60 bits per heavy atom. The lowest BCUT2D eigenvalue weighted by atomic mass is 10.2. The molecular formula is C16H17ClFN3O3S. The van der Waals surface area contributed by atoms with Gasteiger partial charge in [0.15, 0.2) is 0 Å². The Morgan fingerprint density at radius 1 is 1.28 bits per heavy atom. The number of benzene rings is 2. The van der Waals surface area contributed by atoms with E-state index < -0.39 is 15.8 Å². The fraction of sp³-hybridized carbons (Fsp3) is 0.188. The van der Waals surface area contributed by atoms with E-state index in [1.807, 2.05) is 0 Å². The largest absolute Gasteiger partial charge is 0.325 e. The summed E-state index contributed by atoms with van der Waals surface area (Å²) in [6, 6.07) is 9.99. The number of nitrogens with zero attached hydrogens (tertiary/aromatic N) is 1. The molecule has 0 fully saturated rings. The van der Waals surface area contributed by atoms with E-state index in [9.17, 15) is 17.6 Å². The number of carbonyl (C=O) groups excluding carboxylic acids is 1. The first-order valence-electron chi connectivity index (χ1n) is 7.21. The molecule has 6 nitrogen and oxygen atoms in total. The van der Waals surface area contributed by atoms with Crippen molar-refractivity contribution in [2.24, 2.45) is 5.14 Å². The van der Waals surface area contributed by atoms with Crippen molar-refractivity contribution in [3.63, 3.8) is 0 Å². The second-order valence-electron chi connectivity index (χ2n) is 5.49. The van der Waals surface area contributed by atoms with E-state index in [0.717, 1.165) is 0 Å². The summed E-state index contributed by atoms with van der Waals surface area (Å²) in [7, 11) is -2.21. The lowest BCUT2D eigenvalue weighted by Crippen LogP contribution is -2.30. The highest BCUT2D eigenvalue weighted by molar-refractivity contribution is 7.89. The Labute approximate surface area is 150 Å². The van der Waals surface area contributed by atoms with E-state index in [-0.39, 0.29) is 28.9 Å². The minimum atomic E-state index is -3.85. The van der Waals surface area contributed by atoms with Gasteiger partial charge in [-0.15, -0.1) is 0 Å². The van der Waals surface area contributed by atoms with Crippen LogP contribution in [0.3, 0.4) is 0 Å². The van der Waals surface area contributed by atoms with Crippen LogP contribution in [-0.2, 0) is 21.4 Å².